The molecule has 2 aliphatic rings. The Bertz CT molecular complexity index is 325. The third kappa shape index (κ3) is 2.45. The van der Waals surface area contributed by atoms with Crippen LogP contribution in [0.5, 0.6) is 0 Å². The van der Waals surface area contributed by atoms with Gasteiger partial charge in [0.05, 0.1) is 0 Å². The average Bonchev–Trinajstić information content (AvgIpc) is 2.16. The summed E-state index contributed by atoms with van der Waals surface area (Å²) in [5.41, 5.74) is 0.674. The molecule has 0 radical (unpaired) electrons. The van der Waals surface area contributed by atoms with Gasteiger partial charge in [0.15, 0.2) is 5.78 Å². The normalized spacial score (nSPS) is 30.6. The molecular formula is C13H20O2S. The molecule has 1 fully saturated rings. The lowest BCUT2D eigenvalue weighted by molar-refractivity contribution is -0.118. The lowest BCUT2D eigenvalue weighted by atomic mass is 9.75. The van der Waals surface area contributed by atoms with Crippen LogP contribution in [-0.4, -0.2) is 21.9 Å². The van der Waals surface area contributed by atoms with Gasteiger partial charge in [0.1, 0.15) is 5.76 Å². The zero-order chi connectivity index (χ0) is 11.8. The Balaban J connectivity index is 2.21. The molecule has 16 heavy (non-hydrogen) atoms. The van der Waals surface area contributed by atoms with E-state index < -0.39 is 0 Å². The predicted molar refractivity (Wildman–Crippen MR) is 67.8 cm³/mol. The Labute approximate surface area is 101 Å². The number of carbonyl (C=O) groups is 1. The number of hydrogen-bond acceptors (Lipinski definition) is 3. The summed E-state index contributed by atoms with van der Waals surface area (Å²) < 4.78 is 0. The largest absolute Gasteiger partial charge is 0.512 e. The topological polar surface area (TPSA) is 37.3 Å². The molecule has 90 valence electrons. The summed E-state index contributed by atoms with van der Waals surface area (Å²) in [6.45, 7) is 4.10. The lowest BCUT2D eigenvalue weighted by Crippen LogP contribution is -2.31. The molecule has 3 heteroatoms. The summed E-state index contributed by atoms with van der Waals surface area (Å²) in [6.07, 6.45) is 4.73. The monoisotopic (exact) mass is 240 g/mol. The average molecular weight is 240 g/mol. The van der Waals surface area contributed by atoms with Gasteiger partial charge >= 0.3 is 0 Å². The molecule has 1 aliphatic heterocycles. The first-order valence-electron chi connectivity index (χ1n) is 6.06. The Morgan fingerprint density at radius 1 is 1.31 bits per heavy atom. The number of carbonyl (C=O) groups excluding carboxylic acids is 1. The number of ketones is 1. The van der Waals surface area contributed by atoms with E-state index in [2.05, 4.69) is 0 Å². The number of hydrogen-bond donors (Lipinski definition) is 1. The van der Waals surface area contributed by atoms with Crippen molar-refractivity contribution in [1.82, 2.24) is 0 Å². The Kier molecular flexibility index (Phi) is 3.34. The Hall–Kier alpha value is -0.440. The van der Waals surface area contributed by atoms with Crippen molar-refractivity contribution in [2.75, 3.05) is 5.75 Å². The molecule has 0 saturated carbocycles. The molecule has 0 aromatic heterocycles. The zero-order valence-electron chi connectivity index (χ0n) is 10.1. The molecule has 2 nitrogen and oxygen atoms in total. The van der Waals surface area contributed by atoms with Crippen molar-refractivity contribution < 1.29 is 9.90 Å². The highest BCUT2D eigenvalue weighted by molar-refractivity contribution is 8.00. The third-order valence-electron chi connectivity index (χ3n) is 3.40. The highest BCUT2D eigenvalue weighted by Crippen LogP contribution is 2.41. The first-order chi connectivity index (χ1) is 7.49. The molecule has 0 bridgehead atoms. The third-order valence-corrected chi connectivity index (χ3v) is 4.80. The van der Waals surface area contributed by atoms with Crippen LogP contribution >= 0.6 is 11.8 Å². The van der Waals surface area contributed by atoms with Crippen molar-refractivity contribution in [3.8, 4) is 0 Å². The van der Waals surface area contributed by atoms with Crippen LogP contribution in [0.3, 0.4) is 0 Å². The van der Waals surface area contributed by atoms with Crippen LogP contribution in [0.1, 0.15) is 46.0 Å². The lowest BCUT2D eigenvalue weighted by Gasteiger charge is -2.33. The molecule has 1 N–H and O–H groups in total. The molecule has 0 amide bonds. The fourth-order valence-electron chi connectivity index (χ4n) is 2.64. The number of aliphatic hydroxyl groups is 1. The van der Waals surface area contributed by atoms with Gasteiger partial charge in [0, 0.05) is 23.7 Å². The van der Waals surface area contributed by atoms with Gasteiger partial charge in [-0.2, -0.15) is 11.8 Å². The van der Waals surface area contributed by atoms with E-state index in [1.54, 1.807) is 0 Å². The van der Waals surface area contributed by atoms with Crippen molar-refractivity contribution in [2.24, 2.45) is 5.41 Å². The quantitative estimate of drug-likeness (QED) is 0.762. The number of rotatable bonds is 1. The second kappa shape index (κ2) is 4.44. The van der Waals surface area contributed by atoms with Gasteiger partial charge in [-0.05, 0) is 24.0 Å². The van der Waals surface area contributed by atoms with Crippen molar-refractivity contribution >= 4 is 17.5 Å². The molecule has 0 aromatic rings. The van der Waals surface area contributed by atoms with Crippen molar-refractivity contribution in [3.63, 3.8) is 0 Å². The second-order valence-corrected chi connectivity index (χ2v) is 6.97. The standard InChI is InChI=1S/C13H20O2S/c1-13(2)7-9(14)12(10(15)8-13)11-5-3-4-6-16-11/h11,14H,3-8H2,1-2H3. The van der Waals surface area contributed by atoms with E-state index in [0.717, 1.165) is 17.7 Å². The fraction of sp³-hybridized carbons (Fsp3) is 0.769. The van der Waals surface area contributed by atoms with Gasteiger partial charge in [-0.1, -0.05) is 20.3 Å². The highest BCUT2D eigenvalue weighted by atomic mass is 32.2. The summed E-state index contributed by atoms with van der Waals surface area (Å²) in [5, 5.41) is 10.3. The van der Waals surface area contributed by atoms with Gasteiger partial charge in [0.25, 0.3) is 0 Å². The maximum absolute atomic E-state index is 12.1. The number of allylic oxidation sites excluding steroid dienone is 1. The summed E-state index contributed by atoms with van der Waals surface area (Å²) in [4.78, 5) is 12.1. The highest BCUT2D eigenvalue weighted by Gasteiger charge is 2.36. The van der Waals surface area contributed by atoms with Gasteiger partial charge < -0.3 is 5.11 Å². The number of aliphatic hydroxyl groups excluding tert-OH is 1. The van der Waals surface area contributed by atoms with E-state index >= 15 is 0 Å². The smallest absolute Gasteiger partial charge is 0.163 e. The van der Waals surface area contributed by atoms with Gasteiger partial charge in [-0.3, -0.25) is 4.79 Å². The molecular weight excluding hydrogens is 220 g/mol. The SMILES string of the molecule is CC1(C)CC(=O)C(C2CCCCS2)=C(O)C1. The first kappa shape index (κ1) is 12.0. The summed E-state index contributed by atoms with van der Waals surface area (Å²) in [7, 11) is 0. The second-order valence-electron chi connectivity index (χ2n) is 5.66. The van der Waals surface area contributed by atoms with Crippen molar-refractivity contribution in [3.05, 3.63) is 11.3 Å². The summed E-state index contributed by atoms with van der Waals surface area (Å²) in [5.74, 6) is 1.66. The predicted octanol–water partition coefficient (Wildman–Crippen LogP) is 3.47. The van der Waals surface area contributed by atoms with Crippen molar-refractivity contribution in [1.29, 1.82) is 0 Å². The number of thioether (sulfide) groups is 1. The maximum atomic E-state index is 12.1. The van der Waals surface area contributed by atoms with Gasteiger partial charge in [-0.25, -0.2) is 0 Å². The van der Waals surface area contributed by atoms with Crippen LogP contribution in [-0.2, 0) is 4.79 Å². The maximum Gasteiger partial charge on any atom is 0.163 e. The molecule has 1 saturated heterocycles. The molecule has 1 heterocycles. The van der Waals surface area contributed by atoms with Crippen LogP contribution in [0, 0.1) is 5.41 Å². The fourth-order valence-corrected chi connectivity index (χ4v) is 4.06. The van der Waals surface area contributed by atoms with Crippen LogP contribution in [0.25, 0.3) is 0 Å². The minimum atomic E-state index is -0.0655. The van der Waals surface area contributed by atoms with Crippen molar-refractivity contribution in [2.45, 2.75) is 51.2 Å². The molecule has 2 rings (SSSR count). The van der Waals surface area contributed by atoms with Gasteiger partial charge in [0.2, 0.25) is 0 Å². The van der Waals surface area contributed by atoms with E-state index in [9.17, 15) is 9.90 Å². The Morgan fingerprint density at radius 3 is 2.62 bits per heavy atom. The van der Waals surface area contributed by atoms with E-state index in [1.165, 1.54) is 12.8 Å². The summed E-state index contributed by atoms with van der Waals surface area (Å²) >= 11 is 1.84. The van der Waals surface area contributed by atoms with Crippen LogP contribution in [0.4, 0.5) is 0 Å². The molecule has 1 aliphatic carbocycles. The zero-order valence-corrected chi connectivity index (χ0v) is 10.9. The molecule has 0 aromatic carbocycles. The minimum absolute atomic E-state index is 0.0655. The van der Waals surface area contributed by atoms with E-state index in [0.29, 0.717) is 18.6 Å². The van der Waals surface area contributed by atoms with E-state index in [1.807, 2.05) is 25.6 Å². The molecule has 0 spiro atoms. The van der Waals surface area contributed by atoms with Crippen LogP contribution in [0.15, 0.2) is 11.3 Å². The number of Topliss-reactive ketones (excluding diaryl/α,β-unsaturated/α-hetero) is 1. The molecule has 1 unspecified atom stereocenters. The first-order valence-corrected chi connectivity index (χ1v) is 7.11. The van der Waals surface area contributed by atoms with E-state index in [-0.39, 0.29) is 16.4 Å². The van der Waals surface area contributed by atoms with Gasteiger partial charge in [-0.15, -0.1) is 0 Å². The Morgan fingerprint density at radius 2 is 2.06 bits per heavy atom. The van der Waals surface area contributed by atoms with E-state index in [4.69, 9.17) is 0 Å². The van der Waals surface area contributed by atoms with Crippen LogP contribution in [0.2, 0.25) is 0 Å². The summed E-state index contributed by atoms with van der Waals surface area (Å²) in [6, 6.07) is 0. The van der Waals surface area contributed by atoms with Crippen LogP contribution < -0.4 is 0 Å². The molecule has 1 atom stereocenters. The minimum Gasteiger partial charge on any atom is -0.512 e.